The van der Waals surface area contributed by atoms with Gasteiger partial charge in [0, 0.05) is 13.1 Å². The van der Waals surface area contributed by atoms with E-state index in [9.17, 15) is 0 Å². The average molecular weight is 263 g/mol. The van der Waals surface area contributed by atoms with Gasteiger partial charge in [-0.3, -0.25) is 4.98 Å². The lowest BCUT2D eigenvalue weighted by Gasteiger charge is -2.39. The van der Waals surface area contributed by atoms with Gasteiger partial charge in [0.25, 0.3) is 0 Å². The third kappa shape index (κ3) is 2.80. The van der Waals surface area contributed by atoms with Crippen LogP contribution in [0.15, 0.2) is 18.3 Å². The first-order valence-electron chi connectivity index (χ1n) is 6.55. The van der Waals surface area contributed by atoms with Crippen LogP contribution in [0, 0.1) is 5.41 Å². The van der Waals surface area contributed by atoms with Gasteiger partial charge >= 0.3 is 0 Å². The van der Waals surface area contributed by atoms with Crippen LogP contribution in [-0.4, -0.2) is 23.1 Å². The minimum atomic E-state index is 0.360. The second kappa shape index (κ2) is 5.22. The molecule has 0 atom stereocenters. The van der Waals surface area contributed by atoms with Crippen LogP contribution in [0.5, 0.6) is 0 Å². The number of hydrogen-bond acceptors (Lipinski definition) is 3. The Kier molecular flexibility index (Phi) is 3.85. The number of rotatable bonds is 3. The van der Waals surface area contributed by atoms with Crippen molar-refractivity contribution in [3.63, 3.8) is 0 Å². The van der Waals surface area contributed by atoms with Gasteiger partial charge in [0.05, 0.1) is 17.6 Å². The Morgan fingerprint density at radius 3 is 2.56 bits per heavy atom. The normalized spacial score (nSPS) is 18.7. The molecule has 0 aromatic carbocycles. The highest BCUT2D eigenvalue weighted by molar-refractivity contribution is 7.80. The smallest absolute Gasteiger partial charge is 0.122 e. The number of piperidine rings is 1. The molecule has 0 aliphatic carbocycles. The van der Waals surface area contributed by atoms with Crippen LogP contribution < -0.4 is 10.6 Å². The lowest BCUT2D eigenvalue weighted by molar-refractivity contribution is 0.238. The fourth-order valence-corrected chi connectivity index (χ4v) is 2.50. The Morgan fingerprint density at radius 1 is 1.44 bits per heavy atom. The van der Waals surface area contributed by atoms with Crippen LogP contribution in [0.1, 0.15) is 38.8 Å². The summed E-state index contributed by atoms with van der Waals surface area (Å²) in [5.74, 6) is 0. The molecule has 0 amide bonds. The summed E-state index contributed by atoms with van der Waals surface area (Å²) in [5.41, 5.74) is 7.94. The van der Waals surface area contributed by atoms with Crippen LogP contribution in [0.2, 0.25) is 0 Å². The maximum absolute atomic E-state index is 5.55. The molecule has 0 radical (unpaired) electrons. The molecule has 0 saturated carbocycles. The first-order chi connectivity index (χ1) is 8.54. The zero-order valence-electron chi connectivity index (χ0n) is 11.1. The van der Waals surface area contributed by atoms with Gasteiger partial charge in [0.1, 0.15) is 4.99 Å². The van der Waals surface area contributed by atoms with Gasteiger partial charge in [0.2, 0.25) is 0 Å². The molecule has 3 nitrogen and oxygen atoms in total. The fourth-order valence-electron chi connectivity index (χ4n) is 2.38. The highest BCUT2D eigenvalue weighted by atomic mass is 32.1. The molecule has 1 aromatic rings. The van der Waals surface area contributed by atoms with Crippen molar-refractivity contribution in [2.45, 2.75) is 33.1 Å². The van der Waals surface area contributed by atoms with Crippen LogP contribution in [0.25, 0.3) is 0 Å². The summed E-state index contributed by atoms with van der Waals surface area (Å²) in [7, 11) is 0. The first-order valence-corrected chi connectivity index (χ1v) is 6.96. The van der Waals surface area contributed by atoms with Gasteiger partial charge in [-0.2, -0.15) is 0 Å². The van der Waals surface area contributed by atoms with Crippen molar-refractivity contribution in [3.05, 3.63) is 24.0 Å². The SMILES string of the molecule is CCC1(C)CCN(c2ccc(C(N)=S)nc2)CC1. The monoisotopic (exact) mass is 263 g/mol. The van der Waals surface area contributed by atoms with E-state index >= 15 is 0 Å². The number of pyridine rings is 1. The van der Waals surface area contributed by atoms with E-state index in [-0.39, 0.29) is 0 Å². The molecule has 1 saturated heterocycles. The minimum Gasteiger partial charge on any atom is -0.388 e. The van der Waals surface area contributed by atoms with Gasteiger partial charge in [-0.25, -0.2) is 0 Å². The summed E-state index contributed by atoms with van der Waals surface area (Å²) < 4.78 is 0. The maximum Gasteiger partial charge on any atom is 0.122 e. The molecule has 2 heterocycles. The molecule has 4 heteroatoms. The van der Waals surface area contributed by atoms with Crippen LogP contribution in [0.3, 0.4) is 0 Å². The second-order valence-electron chi connectivity index (χ2n) is 5.42. The Balaban J connectivity index is 2.03. The molecular formula is C14H21N3S. The van der Waals surface area contributed by atoms with Gasteiger partial charge < -0.3 is 10.6 Å². The van der Waals surface area contributed by atoms with Crippen LogP contribution in [0.4, 0.5) is 5.69 Å². The summed E-state index contributed by atoms with van der Waals surface area (Å²) in [6.07, 6.45) is 5.64. The fraction of sp³-hybridized carbons (Fsp3) is 0.571. The van der Waals surface area contributed by atoms with Gasteiger partial charge in [-0.15, -0.1) is 0 Å². The molecule has 2 N–H and O–H groups in total. The quantitative estimate of drug-likeness (QED) is 0.852. The standard InChI is InChI=1S/C14H21N3S/c1-3-14(2)6-8-17(9-7-14)11-4-5-12(13(15)18)16-10-11/h4-5,10H,3,6-9H2,1-2H3,(H2,15,18). The van der Waals surface area contributed by atoms with Crippen molar-refractivity contribution < 1.29 is 0 Å². The molecule has 98 valence electrons. The molecule has 0 bridgehead atoms. The molecule has 1 aliphatic heterocycles. The third-order valence-corrected chi connectivity index (χ3v) is 4.40. The lowest BCUT2D eigenvalue weighted by atomic mass is 9.78. The van der Waals surface area contributed by atoms with Crippen LogP contribution in [-0.2, 0) is 0 Å². The van der Waals surface area contributed by atoms with Crippen molar-refractivity contribution in [2.24, 2.45) is 11.1 Å². The molecule has 1 aliphatic rings. The number of thiocarbonyl (C=S) groups is 1. The first kappa shape index (κ1) is 13.3. The number of hydrogen-bond donors (Lipinski definition) is 1. The van der Waals surface area contributed by atoms with Gasteiger partial charge in [0.15, 0.2) is 0 Å². The van der Waals surface area contributed by atoms with Gasteiger partial charge in [-0.05, 0) is 30.4 Å². The topological polar surface area (TPSA) is 42.1 Å². The Labute approximate surface area is 114 Å². The zero-order valence-corrected chi connectivity index (χ0v) is 12.0. The van der Waals surface area contributed by atoms with Crippen molar-refractivity contribution in [1.29, 1.82) is 0 Å². The van der Waals surface area contributed by atoms with Crippen molar-refractivity contribution in [3.8, 4) is 0 Å². The average Bonchev–Trinajstić information content (AvgIpc) is 2.40. The molecule has 0 spiro atoms. The molecule has 18 heavy (non-hydrogen) atoms. The summed E-state index contributed by atoms with van der Waals surface area (Å²) in [6.45, 7) is 6.89. The maximum atomic E-state index is 5.55. The van der Waals surface area contributed by atoms with E-state index in [2.05, 4.69) is 29.8 Å². The van der Waals surface area contributed by atoms with E-state index in [1.807, 2.05) is 12.3 Å². The van der Waals surface area contributed by atoms with E-state index in [1.54, 1.807) is 0 Å². The van der Waals surface area contributed by atoms with E-state index in [0.29, 0.717) is 16.1 Å². The lowest BCUT2D eigenvalue weighted by Crippen LogP contribution is -2.38. The Hall–Kier alpha value is -1.16. The predicted molar refractivity (Wildman–Crippen MR) is 80.0 cm³/mol. The van der Waals surface area contributed by atoms with Crippen molar-refractivity contribution in [1.82, 2.24) is 4.98 Å². The molecular weight excluding hydrogens is 242 g/mol. The van der Waals surface area contributed by atoms with E-state index in [1.165, 1.54) is 24.9 Å². The summed E-state index contributed by atoms with van der Waals surface area (Å²) in [6, 6.07) is 3.97. The highest BCUT2D eigenvalue weighted by Gasteiger charge is 2.28. The predicted octanol–water partition coefficient (Wildman–Crippen LogP) is 2.73. The number of nitrogens with zero attached hydrogens (tertiary/aromatic N) is 2. The third-order valence-electron chi connectivity index (χ3n) is 4.19. The molecule has 1 fully saturated rings. The largest absolute Gasteiger partial charge is 0.388 e. The van der Waals surface area contributed by atoms with Crippen molar-refractivity contribution >= 4 is 22.9 Å². The number of anilines is 1. The molecule has 2 rings (SSSR count). The molecule has 0 unspecified atom stereocenters. The van der Waals surface area contributed by atoms with Gasteiger partial charge in [-0.1, -0.05) is 32.5 Å². The number of aromatic nitrogens is 1. The summed E-state index contributed by atoms with van der Waals surface area (Å²) >= 11 is 4.91. The van der Waals surface area contributed by atoms with Crippen molar-refractivity contribution in [2.75, 3.05) is 18.0 Å². The second-order valence-corrected chi connectivity index (χ2v) is 5.86. The Morgan fingerprint density at radius 2 is 2.11 bits per heavy atom. The Bertz CT molecular complexity index is 419. The van der Waals surface area contributed by atoms with E-state index in [0.717, 1.165) is 13.1 Å². The number of nitrogens with two attached hydrogens (primary N) is 1. The summed E-state index contributed by atoms with van der Waals surface area (Å²) in [5, 5.41) is 0. The van der Waals surface area contributed by atoms with Crippen LogP contribution >= 0.6 is 12.2 Å². The minimum absolute atomic E-state index is 0.360. The molecule has 1 aromatic heterocycles. The van der Waals surface area contributed by atoms with E-state index < -0.39 is 0 Å². The highest BCUT2D eigenvalue weighted by Crippen LogP contribution is 2.35. The zero-order chi connectivity index (χ0) is 13.2. The van der Waals surface area contributed by atoms with E-state index in [4.69, 9.17) is 18.0 Å². The summed E-state index contributed by atoms with van der Waals surface area (Å²) in [4.78, 5) is 7.06.